The van der Waals surface area contributed by atoms with Gasteiger partial charge in [-0.2, -0.15) is 0 Å². The number of ketones is 1. The van der Waals surface area contributed by atoms with Crippen LogP contribution in [0.1, 0.15) is 67.7 Å². The van der Waals surface area contributed by atoms with Gasteiger partial charge in [0.1, 0.15) is 5.60 Å². The Kier molecular flexibility index (Phi) is 5.44. The molecule has 0 aromatic carbocycles. The second kappa shape index (κ2) is 6.99. The summed E-state index contributed by atoms with van der Waals surface area (Å²) < 4.78 is 24.2. The number of carbonyl (C=O) groups excluding carboxylic acids is 3. The van der Waals surface area contributed by atoms with Gasteiger partial charge in [-0.1, -0.05) is 20.8 Å². The lowest BCUT2D eigenvalue weighted by molar-refractivity contribution is -0.216. The first-order valence-electron chi connectivity index (χ1n) is 10.9. The van der Waals surface area contributed by atoms with Gasteiger partial charge in [0.05, 0.1) is 12.2 Å². The highest BCUT2D eigenvalue weighted by Crippen LogP contribution is 2.58. The van der Waals surface area contributed by atoms with E-state index in [2.05, 4.69) is 33.9 Å². The summed E-state index contributed by atoms with van der Waals surface area (Å²) in [6.45, 7) is 17.8. The van der Waals surface area contributed by atoms with E-state index in [4.69, 9.17) is 18.6 Å². The second-order valence-electron chi connectivity index (χ2n) is 11.7. The Morgan fingerprint density at radius 2 is 1.77 bits per heavy atom. The van der Waals surface area contributed by atoms with Crippen molar-refractivity contribution in [3.63, 3.8) is 0 Å². The third kappa shape index (κ3) is 3.80. The molecule has 0 aromatic heterocycles. The first kappa shape index (κ1) is 24.1. The highest BCUT2D eigenvalue weighted by atomic mass is 28.4. The Balaban J connectivity index is 2.05. The van der Waals surface area contributed by atoms with E-state index >= 15 is 0 Å². The minimum atomic E-state index is -2.12. The second-order valence-corrected chi connectivity index (χ2v) is 16.5. The molecule has 2 saturated heterocycles. The first-order chi connectivity index (χ1) is 13.9. The minimum absolute atomic E-state index is 0.0109. The molecule has 3 rings (SSSR count). The summed E-state index contributed by atoms with van der Waals surface area (Å²) in [5, 5.41) is -0.0109. The molecule has 8 heteroatoms. The predicted octanol–water partition coefficient (Wildman–Crippen LogP) is 3.85. The van der Waals surface area contributed by atoms with E-state index in [-0.39, 0.29) is 24.5 Å². The molecule has 0 aromatic rings. The standard InChI is InChI=1S/C23H36O7Si/c1-15-12-22(28-17(15)25)13-21(14-27-31(8,9)20(5,6)7)11-10-16(24)23(22,30-21)18(26)29-19(2,3)4/h12H,10-11,13-14H2,1-9H3/t21-,22+,23-/m0/s1. The lowest BCUT2D eigenvalue weighted by Gasteiger charge is -2.42. The molecule has 0 aliphatic carbocycles. The molecule has 3 aliphatic rings. The summed E-state index contributed by atoms with van der Waals surface area (Å²) in [6, 6.07) is 0. The summed E-state index contributed by atoms with van der Waals surface area (Å²) in [4.78, 5) is 39.2. The van der Waals surface area contributed by atoms with E-state index in [1.807, 2.05) is 0 Å². The van der Waals surface area contributed by atoms with E-state index in [0.29, 0.717) is 12.0 Å². The number of fused-ring (bicyclic) bond motifs is 3. The summed E-state index contributed by atoms with van der Waals surface area (Å²) in [6.07, 6.45) is 2.29. The average Bonchev–Trinajstić information content (AvgIpc) is 3.00. The third-order valence-electron chi connectivity index (χ3n) is 6.99. The van der Waals surface area contributed by atoms with Crippen molar-refractivity contribution in [2.45, 2.75) is 108 Å². The van der Waals surface area contributed by atoms with Gasteiger partial charge in [-0.25, -0.2) is 9.59 Å². The molecule has 0 saturated carbocycles. The molecule has 3 atom stereocenters. The zero-order valence-electron chi connectivity index (χ0n) is 20.3. The first-order valence-corrected chi connectivity index (χ1v) is 13.8. The average molecular weight is 453 g/mol. The molecule has 0 N–H and O–H groups in total. The molecule has 3 heterocycles. The maximum atomic E-state index is 13.5. The largest absolute Gasteiger partial charge is 0.457 e. The molecular weight excluding hydrogens is 416 g/mol. The fraction of sp³-hybridized carbons (Fsp3) is 0.783. The van der Waals surface area contributed by atoms with Crippen molar-refractivity contribution in [2.24, 2.45) is 0 Å². The number of esters is 2. The number of hydrogen-bond acceptors (Lipinski definition) is 7. The Morgan fingerprint density at radius 3 is 2.26 bits per heavy atom. The molecule has 3 aliphatic heterocycles. The van der Waals surface area contributed by atoms with E-state index in [1.165, 1.54) is 0 Å². The molecule has 2 bridgehead atoms. The smallest absolute Gasteiger partial charge is 0.351 e. The van der Waals surface area contributed by atoms with Gasteiger partial charge in [-0.3, -0.25) is 4.79 Å². The topological polar surface area (TPSA) is 88.1 Å². The molecular formula is C23H36O7Si. The van der Waals surface area contributed by atoms with Crippen LogP contribution in [0.3, 0.4) is 0 Å². The van der Waals surface area contributed by atoms with E-state index in [9.17, 15) is 14.4 Å². The SMILES string of the molecule is CC1=C[C@]2(C[C@]3(CO[Si](C)(C)C(C)(C)C)CCC(=O)[C@@]2(C(=O)OC(C)(C)C)O3)OC1=O. The van der Waals surface area contributed by atoms with Crippen LogP contribution in [0.25, 0.3) is 0 Å². The highest BCUT2D eigenvalue weighted by Gasteiger charge is 2.78. The fourth-order valence-corrected chi connectivity index (χ4v) is 5.36. The molecule has 0 unspecified atom stereocenters. The molecule has 1 spiro atoms. The Bertz CT molecular complexity index is 847. The molecule has 31 heavy (non-hydrogen) atoms. The molecule has 0 radical (unpaired) electrons. The van der Waals surface area contributed by atoms with Gasteiger partial charge in [-0.15, -0.1) is 0 Å². The van der Waals surface area contributed by atoms with Crippen molar-refractivity contribution >= 4 is 26.0 Å². The van der Waals surface area contributed by atoms with Crippen LogP contribution in [0.15, 0.2) is 11.6 Å². The van der Waals surface area contributed by atoms with Crippen molar-refractivity contribution < 1.29 is 33.0 Å². The van der Waals surface area contributed by atoms with Crippen LogP contribution in [0, 0.1) is 0 Å². The predicted molar refractivity (Wildman–Crippen MR) is 117 cm³/mol. The summed E-state index contributed by atoms with van der Waals surface area (Å²) in [5.74, 6) is -1.77. The van der Waals surface area contributed by atoms with Crippen LogP contribution >= 0.6 is 0 Å². The number of Topliss-reactive ketones (excluding diaryl/α,β-unsaturated/α-hetero) is 1. The molecule has 174 valence electrons. The zero-order chi connectivity index (χ0) is 23.7. The fourth-order valence-electron chi connectivity index (χ4n) is 4.30. The van der Waals surface area contributed by atoms with Crippen molar-refractivity contribution in [2.75, 3.05) is 6.61 Å². The van der Waals surface area contributed by atoms with Gasteiger partial charge in [0, 0.05) is 18.4 Å². The van der Waals surface area contributed by atoms with Crippen LogP contribution < -0.4 is 0 Å². The van der Waals surface area contributed by atoms with Crippen LogP contribution in [-0.2, 0) is 33.0 Å². The highest BCUT2D eigenvalue weighted by molar-refractivity contribution is 6.74. The number of hydrogen-bond donors (Lipinski definition) is 0. The summed E-state index contributed by atoms with van der Waals surface area (Å²) in [5.41, 5.74) is -4.92. The van der Waals surface area contributed by atoms with Gasteiger partial charge in [0.15, 0.2) is 19.7 Å². The Hall–Kier alpha value is -1.51. The zero-order valence-corrected chi connectivity index (χ0v) is 21.3. The quantitative estimate of drug-likeness (QED) is 0.364. The summed E-state index contributed by atoms with van der Waals surface area (Å²) in [7, 11) is -2.12. The number of rotatable bonds is 4. The van der Waals surface area contributed by atoms with E-state index < -0.39 is 48.4 Å². The van der Waals surface area contributed by atoms with Gasteiger partial charge in [-0.05, 0) is 58.3 Å². The van der Waals surface area contributed by atoms with Crippen molar-refractivity contribution in [3.8, 4) is 0 Å². The van der Waals surface area contributed by atoms with Crippen molar-refractivity contribution in [1.82, 2.24) is 0 Å². The summed E-state index contributed by atoms with van der Waals surface area (Å²) >= 11 is 0. The van der Waals surface area contributed by atoms with Gasteiger partial charge >= 0.3 is 11.9 Å². The molecule has 0 amide bonds. The van der Waals surface area contributed by atoms with E-state index in [0.717, 1.165) is 0 Å². The monoisotopic (exact) mass is 452 g/mol. The van der Waals surface area contributed by atoms with Crippen molar-refractivity contribution in [3.05, 3.63) is 11.6 Å². The lowest BCUT2D eigenvalue weighted by atomic mass is 9.78. The Labute approximate surface area is 186 Å². The number of carbonyl (C=O) groups is 3. The normalized spacial score (nSPS) is 33.5. The van der Waals surface area contributed by atoms with Crippen LogP contribution in [0.4, 0.5) is 0 Å². The lowest BCUT2D eigenvalue weighted by Crippen LogP contribution is -2.64. The van der Waals surface area contributed by atoms with Gasteiger partial charge in [0.25, 0.3) is 5.60 Å². The van der Waals surface area contributed by atoms with Crippen LogP contribution in [0.5, 0.6) is 0 Å². The maximum Gasteiger partial charge on any atom is 0.351 e. The van der Waals surface area contributed by atoms with Gasteiger partial charge in [0.2, 0.25) is 0 Å². The van der Waals surface area contributed by atoms with Crippen molar-refractivity contribution in [1.29, 1.82) is 0 Å². The van der Waals surface area contributed by atoms with Gasteiger partial charge < -0.3 is 18.6 Å². The molecule has 2 fully saturated rings. The molecule has 7 nitrogen and oxygen atoms in total. The van der Waals surface area contributed by atoms with Crippen LogP contribution in [-0.4, -0.2) is 55.1 Å². The van der Waals surface area contributed by atoms with E-state index in [1.54, 1.807) is 33.8 Å². The third-order valence-corrected chi connectivity index (χ3v) is 11.5. The minimum Gasteiger partial charge on any atom is -0.457 e. The van der Waals surface area contributed by atoms with Crippen LogP contribution in [0.2, 0.25) is 18.1 Å². The Morgan fingerprint density at radius 1 is 1.16 bits per heavy atom. The number of ether oxygens (including phenoxy) is 3. The maximum absolute atomic E-state index is 13.5.